The van der Waals surface area contributed by atoms with Gasteiger partial charge in [0.15, 0.2) is 0 Å². The molecule has 1 aliphatic rings. The van der Waals surface area contributed by atoms with Crippen LogP contribution < -0.4 is 4.74 Å². The Labute approximate surface area is 146 Å². The molecular formula is C19H20N2O4. The lowest BCUT2D eigenvalue weighted by Gasteiger charge is -2.25. The Morgan fingerprint density at radius 1 is 1.20 bits per heavy atom. The number of likely N-dealkylation sites (tertiary alicyclic amines) is 1. The lowest BCUT2D eigenvalue weighted by Crippen LogP contribution is -2.37. The first-order chi connectivity index (χ1) is 12.1. The van der Waals surface area contributed by atoms with Crippen LogP contribution in [0.1, 0.15) is 39.4 Å². The Morgan fingerprint density at radius 2 is 1.96 bits per heavy atom. The maximum absolute atomic E-state index is 12.8. The molecule has 0 saturated carbocycles. The highest BCUT2D eigenvalue weighted by Crippen LogP contribution is 2.27. The summed E-state index contributed by atoms with van der Waals surface area (Å²) in [6.07, 6.45) is 2.53. The number of carbonyl (C=O) groups is 2. The number of amides is 1. The fourth-order valence-electron chi connectivity index (χ4n) is 3.26. The van der Waals surface area contributed by atoms with E-state index in [2.05, 4.69) is 4.98 Å². The Morgan fingerprint density at radius 3 is 2.72 bits per heavy atom. The summed E-state index contributed by atoms with van der Waals surface area (Å²) in [5.74, 6) is -0.546. The van der Waals surface area contributed by atoms with E-state index in [1.54, 1.807) is 24.1 Å². The van der Waals surface area contributed by atoms with E-state index < -0.39 is 5.97 Å². The number of pyridine rings is 1. The molecule has 0 bridgehead atoms. The number of carbonyl (C=O) groups excluding carboxylic acids is 1. The smallest absolute Gasteiger partial charge is 0.354 e. The molecule has 1 aliphatic heterocycles. The highest BCUT2D eigenvalue weighted by molar-refractivity contribution is 5.94. The van der Waals surface area contributed by atoms with Crippen molar-refractivity contribution in [3.05, 3.63) is 59.4 Å². The van der Waals surface area contributed by atoms with Crippen molar-refractivity contribution >= 4 is 11.9 Å². The molecular weight excluding hydrogens is 320 g/mol. The molecule has 1 N–H and O–H groups in total. The minimum atomic E-state index is -1.14. The van der Waals surface area contributed by atoms with Crippen LogP contribution in [0, 0.1) is 0 Å². The van der Waals surface area contributed by atoms with Crippen molar-refractivity contribution in [2.24, 2.45) is 0 Å². The maximum Gasteiger partial charge on any atom is 0.354 e. The van der Waals surface area contributed by atoms with E-state index in [0.29, 0.717) is 13.0 Å². The molecule has 6 nitrogen and oxygen atoms in total. The normalized spacial score (nSPS) is 16.7. The molecule has 1 atom stereocenters. The number of aromatic carboxylic acids is 1. The van der Waals surface area contributed by atoms with Crippen molar-refractivity contribution in [3.63, 3.8) is 0 Å². The molecule has 1 unspecified atom stereocenters. The van der Waals surface area contributed by atoms with Crippen LogP contribution in [-0.2, 0) is 6.42 Å². The lowest BCUT2D eigenvalue weighted by molar-refractivity contribution is 0.0689. The van der Waals surface area contributed by atoms with Gasteiger partial charge in [-0.1, -0.05) is 24.3 Å². The van der Waals surface area contributed by atoms with E-state index in [9.17, 15) is 9.59 Å². The van der Waals surface area contributed by atoms with E-state index in [0.717, 1.165) is 24.2 Å². The summed E-state index contributed by atoms with van der Waals surface area (Å²) in [7, 11) is 1.64. The SMILES string of the molecule is COc1ccccc1CC1CCCN1C(=O)c1cccc(C(=O)O)n1. The summed E-state index contributed by atoms with van der Waals surface area (Å²) in [6, 6.07) is 12.3. The van der Waals surface area contributed by atoms with Crippen molar-refractivity contribution in [2.45, 2.75) is 25.3 Å². The van der Waals surface area contributed by atoms with E-state index in [1.165, 1.54) is 6.07 Å². The monoisotopic (exact) mass is 340 g/mol. The molecule has 0 spiro atoms. The van der Waals surface area contributed by atoms with Gasteiger partial charge in [-0.3, -0.25) is 4.79 Å². The maximum atomic E-state index is 12.8. The van der Waals surface area contributed by atoms with Crippen molar-refractivity contribution < 1.29 is 19.4 Å². The van der Waals surface area contributed by atoms with Gasteiger partial charge in [-0.05, 0) is 43.0 Å². The molecule has 2 aromatic rings. The van der Waals surface area contributed by atoms with Gasteiger partial charge < -0.3 is 14.7 Å². The molecule has 130 valence electrons. The number of ether oxygens (including phenoxy) is 1. The largest absolute Gasteiger partial charge is 0.496 e. The molecule has 2 heterocycles. The highest BCUT2D eigenvalue weighted by Gasteiger charge is 2.31. The zero-order valence-corrected chi connectivity index (χ0v) is 14.0. The van der Waals surface area contributed by atoms with Gasteiger partial charge in [-0.25, -0.2) is 9.78 Å². The first kappa shape index (κ1) is 17.0. The van der Waals surface area contributed by atoms with Crippen molar-refractivity contribution in [3.8, 4) is 5.75 Å². The summed E-state index contributed by atoms with van der Waals surface area (Å²) in [4.78, 5) is 29.7. The summed E-state index contributed by atoms with van der Waals surface area (Å²) in [5, 5.41) is 9.06. The average molecular weight is 340 g/mol. The second-order valence-electron chi connectivity index (χ2n) is 6.02. The van der Waals surface area contributed by atoms with Crippen LogP contribution in [-0.4, -0.2) is 46.6 Å². The van der Waals surface area contributed by atoms with Crippen LogP contribution in [0.4, 0.5) is 0 Å². The van der Waals surface area contributed by atoms with Crippen LogP contribution >= 0.6 is 0 Å². The number of carboxylic acids is 1. The zero-order valence-electron chi connectivity index (χ0n) is 14.0. The van der Waals surface area contributed by atoms with E-state index in [4.69, 9.17) is 9.84 Å². The van der Waals surface area contributed by atoms with Crippen molar-refractivity contribution in [1.82, 2.24) is 9.88 Å². The van der Waals surface area contributed by atoms with E-state index in [1.807, 2.05) is 24.3 Å². The van der Waals surface area contributed by atoms with Gasteiger partial charge in [0.25, 0.3) is 5.91 Å². The Hall–Kier alpha value is -2.89. The second kappa shape index (κ2) is 7.34. The Balaban J connectivity index is 1.80. The van der Waals surface area contributed by atoms with E-state index >= 15 is 0 Å². The van der Waals surface area contributed by atoms with Crippen molar-refractivity contribution in [1.29, 1.82) is 0 Å². The molecule has 1 amide bonds. The number of hydrogen-bond donors (Lipinski definition) is 1. The number of nitrogens with zero attached hydrogens (tertiary/aromatic N) is 2. The first-order valence-electron chi connectivity index (χ1n) is 8.23. The number of carboxylic acid groups (broad SMARTS) is 1. The number of para-hydroxylation sites is 1. The predicted molar refractivity (Wildman–Crippen MR) is 92.0 cm³/mol. The molecule has 0 radical (unpaired) electrons. The molecule has 25 heavy (non-hydrogen) atoms. The minimum absolute atomic E-state index is 0.0547. The Kier molecular flexibility index (Phi) is 4.97. The second-order valence-corrected chi connectivity index (χ2v) is 6.02. The molecule has 1 saturated heterocycles. The quantitative estimate of drug-likeness (QED) is 0.905. The van der Waals surface area contributed by atoms with E-state index in [-0.39, 0.29) is 23.3 Å². The van der Waals surface area contributed by atoms with Gasteiger partial charge >= 0.3 is 5.97 Å². The summed E-state index contributed by atoms with van der Waals surface area (Å²) in [5.41, 5.74) is 1.11. The average Bonchev–Trinajstić information content (AvgIpc) is 3.09. The van der Waals surface area contributed by atoms with Crippen LogP contribution in [0.5, 0.6) is 5.75 Å². The fraction of sp³-hybridized carbons (Fsp3) is 0.316. The van der Waals surface area contributed by atoms with Gasteiger partial charge in [-0.2, -0.15) is 0 Å². The summed E-state index contributed by atoms with van der Waals surface area (Å²) >= 11 is 0. The number of rotatable bonds is 5. The fourth-order valence-corrected chi connectivity index (χ4v) is 3.26. The van der Waals surface area contributed by atoms with Crippen LogP contribution in [0.15, 0.2) is 42.5 Å². The molecule has 6 heteroatoms. The number of aromatic nitrogens is 1. The molecule has 1 aromatic carbocycles. The molecule has 1 fully saturated rings. The van der Waals surface area contributed by atoms with Gasteiger partial charge in [0.2, 0.25) is 0 Å². The molecule has 3 rings (SSSR count). The van der Waals surface area contributed by atoms with Gasteiger partial charge in [0.1, 0.15) is 17.1 Å². The summed E-state index contributed by atoms with van der Waals surface area (Å²) in [6.45, 7) is 0.650. The Bertz CT molecular complexity index is 790. The third-order valence-corrected chi connectivity index (χ3v) is 4.47. The minimum Gasteiger partial charge on any atom is -0.496 e. The first-order valence-corrected chi connectivity index (χ1v) is 8.23. The van der Waals surface area contributed by atoms with Crippen LogP contribution in [0.2, 0.25) is 0 Å². The lowest BCUT2D eigenvalue weighted by atomic mass is 10.0. The zero-order chi connectivity index (χ0) is 17.8. The topological polar surface area (TPSA) is 79.7 Å². The third kappa shape index (κ3) is 3.63. The highest BCUT2D eigenvalue weighted by atomic mass is 16.5. The number of hydrogen-bond acceptors (Lipinski definition) is 4. The van der Waals surface area contributed by atoms with Gasteiger partial charge in [0.05, 0.1) is 7.11 Å². The predicted octanol–water partition coefficient (Wildman–Crippen LogP) is 2.64. The third-order valence-electron chi connectivity index (χ3n) is 4.47. The van der Waals surface area contributed by atoms with Crippen LogP contribution in [0.3, 0.4) is 0 Å². The molecule has 1 aromatic heterocycles. The number of benzene rings is 1. The van der Waals surface area contributed by atoms with Gasteiger partial charge in [0, 0.05) is 12.6 Å². The van der Waals surface area contributed by atoms with Crippen LogP contribution in [0.25, 0.3) is 0 Å². The molecule has 0 aliphatic carbocycles. The van der Waals surface area contributed by atoms with Gasteiger partial charge in [-0.15, -0.1) is 0 Å². The summed E-state index contributed by atoms with van der Waals surface area (Å²) < 4.78 is 5.40. The number of methoxy groups -OCH3 is 1. The standard InChI is InChI=1S/C19H20N2O4/c1-25-17-10-3-2-6-13(17)12-14-7-5-11-21(14)18(22)15-8-4-9-16(20-15)19(23)24/h2-4,6,8-10,14H,5,7,11-12H2,1H3,(H,23,24). The van der Waals surface area contributed by atoms with Crippen molar-refractivity contribution in [2.75, 3.05) is 13.7 Å².